The summed E-state index contributed by atoms with van der Waals surface area (Å²) < 4.78 is 11.2. The lowest BCUT2D eigenvalue weighted by molar-refractivity contribution is 0.0889. The highest BCUT2D eigenvalue weighted by Gasteiger charge is 2.47. The molecule has 5 atom stereocenters. The van der Waals surface area contributed by atoms with Crippen LogP contribution >= 0.6 is 0 Å². The Morgan fingerprint density at radius 2 is 2.06 bits per heavy atom. The molecule has 92 valence electrons. The molecule has 0 amide bonds. The third kappa shape index (κ3) is 2.25. The number of nitrogens with one attached hydrogen (secondary N) is 2. The SMILES string of the molecule is CNC1COC(C2CC2NC2CCOC2)C1. The fraction of sp³-hybridized carbons (Fsp3) is 1.00. The Bertz CT molecular complexity index is 243. The summed E-state index contributed by atoms with van der Waals surface area (Å²) in [6.07, 6.45) is 4.13. The lowest BCUT2D eigenvalue weighted by atomic mass is 10.1. The van der Waals surface area contributed by atoms with Gasteiger partial charge in [-0.05, 0) is 26.3 Å². The Hall–Kier alpha value is -0.160. The van der Waals surface area contributed by atoms with Crippen LogP contribution < -0.4 is 10.6 Å². The molecule has 5 unspecified atom stereocenters. The summed E-state index contributed by atoms with van der Waals surface area (Å²) >= 11 is 0. The van der Waals surface area contributed by atoms with Crippen molar-refractivity contribution in [3.05, 3.63) is 0 Å². The third-order valence-corrected chi connectivity index (χ3v) is 4.13. The highest BCUT2D eigenvalue weighted by atomic mass is 16.5. The molecule has 2 N–H and O–H groups in total. The Labute approximate surface area is 97.1 Å². The van der Waals surface area contributed by atoms with Crippen molar-refractivity contribution in [3.8, 4) is 0 Å². The summed E-state index contributed by atoms with van der Waals surface area (Å²) in [5, 5.41) is 6.99. The summed E-state index contributed by atoms with van der Waals surface area (Å²) in [5.74, 6) is 0.749. The summed E-state index contributed by atoms with van der Waals surface area (Å²) in [6, 6.07) is 1.85. The van der Waals surface area contributed by atoms with Crippen LogP contribution in [0.25, 0.3) is 0 Å². The molecule has 4 nitrogen and oxygen atoms in total. The molecule has 2 aliphatic heterocycles. The van der Waals surface area contributed by atoms with Crippen molar-refractivity contribution in [1.82, 2.24) is 10.6 Å². The van der Waals surface area contributed by atoms with Gasteiger partial charge in [0.25, 0.3) is 0 Å². The molecule has 2 heterocycles. The second-order valence-corrected chi connectivity index (χ2v) is 5.33. The van der Waals surface area contributed by atoms with Crippen LogP contribution in [0.5, 0.6) is 0 Å². The maximum Gasteiger partial charge on any atom is 0.0635 e. The zero-order chi connectivity index (χ0) is 11.0. The first kappa shape index (κ1) is 11.0. The van der Waals surface area contributed by atoms with Crippen molar-refractivity contribution in [1.29, 1.82) is 0 Å². The van der Waals surface area contributed by atoms with Crippen molar-refractivity contribution >= 4 is 0 Å². The molecule has 3 rings (SSSR count). The van der Waals surface area contributed by atoms with E-state index in [-0.39, 0.29) is 0 Å². The Morgan fingerprint density at radius 3 is 2.75 bits per heavy atom. The van der Waals surface area contributed by atoms with E-state index >= 15 is 0 Å². The Balaban J connectivity index is 1.42. The number of hydrogen-bond donors (Lipinski definition) is 2. The van der Waals surface area contributed by atoms with E-state index in [1.54, 1.807) is 0 Å². The predicted octanol–water partition coefficient (Wildman–Crippen LogP) is 0.130. The smallest absolute Gasteiger partial charge is 0.0635 e. The van der Waals surface area contributed by atoms with Gasteiger partial charge in [0.05, 0.1) is 19.3 Å². The zero-order valence-corrected chi connectivity index (χ0v) is 9.95. The van der Waals surface area contributed by atoms with Crippen LogP contribution in [0.15, 0.2) is 0 Å². The van der Waals surface area contributed by atoms with Gasteiger partial charge in [-0.2, -0.15) is 0 Å². The quantitative estimate of drug-likeness (QED) is 0.715. The summed E-state index contributed by atoms with van der Waals surface area (Å²) in [7, 11) is 2.02. The summed E-state index contributed by atoms with van der Waals surface area (Å²) in [5.41, 5.74) is 0. The first-order valence-corrected chi connectivity index (χ1v) is 6.49. The molecule has 16 heavy (non-hydrogen) atoms. The fourth-order valence-electron chi connectivity index (χ4n) is 2.94. The van der Waals surface area contributed by atoms with Crippen molar-refractivity contribution in [2.24, 2.45) is 5.92 Å². The average Bonchev–Trinajstić information content (AvgIpc) is 2.72. The van der Waals surface area contributed by atoms with E-state index < -0.39 is 0 Å². The first-order valence-electron chi connectivity index (χ1n) is 6.49. The Kier molecular flexibility index (Phi) is 3.16. The van der Waals surface area contributed by atoms with Crippen LogP contribution in [0.1, 0.15) is 19.3 Å². The van der Waals surface area contributed by atoms with Crippen LogP contribution in [0.3, 0.4) is 0 Å². The van der Waals surface area contributed by atoms with Crippen molar-refractivity contribution < 1.29 is 9.47 Å². The molecule has 3 fully saturated rings. The van der Waals surface area contributed by atoms with E-state index in [1.165, 1.54) is 19.3 Å². The predicted molar refractivity (Wildman–Crippen MR) is 61.5 cm³/mol. The van der Waals surface area contributed by atoms with Gasteiger partial charge < -0.3 is 20.1 Å². The van der Waals surface area contributed by atoms with E-state index in [1.807, 2.05) is 7.05 Å². The molecule has 2 saturated heterocycles. The van der Waals surface area contributed by atoms with Crippen molar-refractivity contribution in [2.45, 2.75) is 43.5 Å². The van der Waals surface area contributed by atoms with Crippen LogP contribution in [0.4, 0.5) is 0 Å². The minimum absolute atomic E-state index is 0.484. The zero-order valence-electron chi connectivity index (χ0n) is 9.95. The number of hydrogen-bond acceptors (Lipinski definition) is 4. The molecule has 1 saturated carbocycles. The maximum atomic E-state index is 5.84. The maximum absolute atomic E-state index is 5.84. The van der Waals surface area contributed by atoms with Gasteiger partial charge in [-0.3, -0.25) is 0 Å². The molecule has 4 heteroatoms. The summed E-state index contributed by atoms with van der Waals surface area (Å²) in [4.78, 5) is 0. The molecule has 0 aromatic heterocycles. The minimum atomic E-state index is 0.484. The van der Waals surface area contributed by atoms with Gasteiger partial charge >= 0.3 is 0 Å². The van der Waals surface area contributed by atoms with E-state index in [0.29, 0.717) is 24.2 Å². The van der Waals surface area contributed by atoms with Gasteiger partial charge in [0.1, 0.15) is 0 Å². The number of likely N-dealkylation sites (N-methyl/N-ethyl adjacent to an activating group) is 1. The van der Waals surface area contributed by atoms with Gasteiger partial charge in [-0.15, -0.1) is 0 Å². The monoisotopic (exact) mass is 226 g/mol. The molecule has 0 radical (unpaired) electrons. The second kappa shape index (κ2) is 4.61. The number of rotatable bonds is 4. The molecule has 1 aliphatic carbocycles. The third-order valence-electron chi connectivity index (χ3n) is 4.13. The van der Waals surface area contributed by atoms with E-state index in [4.69, 9.17) is 9.47 Å². The van der Waals surface area contributed by atoms with Crippen molar-refractivity contribution in [2.75, 3.05) is 26.9 Å². The van der Waals surface area contributed by atoms with E-state index in [0.717, 1.165) is 25.7 Å². The van der Waals surface area contributed by atoms with Gasteiger partial charge in [0.15, 0.2) is 0 Å². The van der Waals surface area contributed by atoms with Gasteiger partial charge in [-0.1, -0.05) is 0 Å². The largest absolute Gasteiger partial charge is 0.380 e. The lowest BCUT2D eigenvalue weighted by Crippen LogP contribution is -2.33. The minimum Gasteiger partial charge on any atom is -0.380 e. The molecular weight excluding hydrogens is 204 g/mol. The lowest BCUT2D eigenvalue weighted by Gasteiger charge is -2.12. The highest BCUT2D eigenvalue weighted by Crippen LogP contribution is 2.39. The van der Waals surface area contributed by atoms with Gasteiger partial charge in [0, 0.05) is 30.7 Å². The first-order chi connectivity index (χ1) is 7.86. The molecular formula is C12H22N2O2. The fourth-order valence-corrected chi connectivity index (χ4v) is 2.94. The topological polar surface area (TPSA) is 42.5 Å². The molecule has 3 aliphatic rings. The number of ether oxygens (including phenoxy) is 2. The Morgan fingerprint density at radius 1 is 1.12 bits per heavy atom. The van der Waals surface area contributed by atoms with Crippen LogP contribution in [0.2, 0.25) is 0 Å². The van der Waals surface area contributed by atoms with Crippen LogP contribution in [-0.2, 0) is 9.47 Å². The standard InChI is InChI=1S/C12H22N2O2/c1-13-9-4-12(16-7-9)10-5-11(10)14-8-2-3-15-6-8/h8-14H,2-7H2,1H3. The van der Waals surface area contributed by atoms with Crippen molar-refractivity contribution in [3.63, 3.8) is 0 Å². The average molecular weight is 226 g/mol. The van der Waals surface area contributed by atoms with Crippen LogP contribution in [0, 0.1) is 5.92 Å². The van der Waals surface area contributed by atoms with E-state index in [2.05, 4.69) is 10.6 Å². The normalized spacial score (nSPS) is 47.4. The van der Waals surface area contributed by atoms with Crippen LogP contribution in [-0.4, -0.2) is 51.1 Å². The summed E-state index contributed by atoms with van der Waals surface area (Å²) in [6.45, 7) is 2.71. The molecule has 0 aromatic rings. The molecule has 0 bridgehead atoms. The van der Waals surface area contributed by atoms with Gasteiger partial charge in [-0.25, -0.2) is 0 Å². The molecule has 0 spiro atoms. The van der Waals surface area contributed by atoms with E-state index in [9.17, 15) is 0 Å². The van der Waals surface area contributed by atoms with Gasteiger partial charge in [0.2, 0.25) is 0 Å². The highest BCUT2D eigenvalue weighted by molar-refractivity contribution is 5.02. The second-order valence-electron chi connectivity index (χ2n) is 5.33. The molecule has 0 aromatic carbocycles.